The van der Waals surface area contributed by atoms with E-state index in [2.05, 4.69) is 23.6 Å². The molecule has 2 amide bonds. The van der Waals surface area contributed by atoms with Gasteiger partial charge in [0.15, 0.2) is 0 Å². The number of piperidine rings is 1. The highest BCUT2D eigenvalue weighted by Gasteiger charge is 2.31. The van der Waals surface area contributed by atoms with Crippen LogP contribution in [-0.4, -0.2) is 78.1 Å². The molecule has 2 fully saturated rings. The molecule has 126 valence electrons. The van der Waals surface area contributed by atoms with Gasteiger partial charge in [-0.2, -0.15) is 0 Å². The van der Waals surface area contributed by atoms with Crippen LogP contribution in [0.1, 0.15) is 40.0 Å². The van der Waals surface area contributed by atoms with Crippen molar-refractivity contribution in [1.29, 1.82) is 0 Å². The molecule has 0 unspecified atom stereocenters. The Kier molecular flexibility index (Phi) is 6.06. The van der Waals surface area contributed by atoms with Crippen molar-refractivity contribution in [3.63, 3.8) is 0 Å². The maximum Gasteiger partial charge on any atom is 0.409 e. The van der Waals surface area contributed by atoms with E-state index in [1.54, 1.807) is 4.90 Å². The second kappa shape index (κ2) is 7.81. The minimum absolute atomic E-state index is 0.226. The molecular formula is C16H29N3O3. The molecule has 0 N–H and O–H groups in total. The lowest BCUT2D eigenvalue weighted by molar-refractivity contribution is -0.138. The van der Waals surface area contributed by atoms with Crippen molar-refractivity contribution in [2.75, 3.05) is 39.3 Å². The minimum Gasteiger partial charge on any atom is -0.450 e. The van der Waals surface area contributed by atoms with Crippen LogP contribution in [0.15, 0.2) is 0 Å². The van der Waals surface area contributed by atoms with Crippen LogP contribution in [0.2, 0.25) is 0 Å². The fourth-order valence-electron chi connectivity index (χ4n) is 3.49. The van der Waals surface area contributed by atoms with Crippen molar-refractivity contribution in [2.45, 2.75) is 52.1 Å². The Morgan fingerprint density at radius 1 is 1.05 bits per heavy atom. The first-order chi connectivity index (χ1) is 10.5. The first-order valence-electron chi connectivity index (χ1n) is 8.48. The van der Waals surface area contributed by atoms with Gasteiger partial charge in [-0.25, -0.2) is 4.79 Å². The summed E-state index contributed by atoms with van der Waals surface area (Å²) in [5, 5.41) is 0. The quantitative estimate of drug-likeness (QED) is 0.793. The Hall–Kier alpha value is -1.30. The van der Waals surface area contributed by atoms with Gasteiger partial charge in [-0.15, -0.1) is 0 Å². The van der Waals surface area contributed by atoms with Crippen LogP contribution in [0.3, 0.4) is 0 Å². The van der Waals surface area contributed by atoms with E-state index in [0.717, 1.165) is 25.9 Å². The lowest BCUT2D eigenvalue weighted by Gasteiger charge is -2.41. The molecule has 0 aromatic heterocycles. The Labute approximate surface area is 133 Å². The zero-order chi connectivity index (χ0) is 16.1. The summed E-state index contributed by atoms with van der Waals surface area (Å²) in [5.41, 5.74) is 0. The number of hydrogen-bond donors (Lipinski definition) is 0. The summed E-state index contributed by atoms with van der Waals surface area (Å²) >= 11 is 0. The smallest absolute Gasteiger partial charge is 0.409 e. The van der Waals surface area contributed by atoms with E-state index in [9.17, 15) is 9.59 Å². The summed E-state index contributed by atoms with van der Waals surface area (Å²) in [6, 6.07) is 0.689. The zero-order valence-electron chi connectivity index (χ0n) is 14.1. The van der Waals surface area contributed by atoms with E-state index in [1.165, 1.54) is 6.42 Å². The van der Waals surface area contributed by atoms with Gasteiger partial charge in [0, 0.05) is 38.3 Å². The molecule has 0 bridgehead atoms. The highest BCUT2D eigenvalue weighted by molar-refractivity contribution is 5.79. The van der Waals surface area contributed by atoms with E-state index in [1.807, 2.05) is 6.92 Å². The Balaban J connectivity index is 1.80. The zero-order valence-corrected chi connectivity index (χ0v) is 14.1. The monoisotopic (exact) mass is 311 g/mol. The number of piperazine rings is 1. The van der Waals surface area contributed by atoms with Crippen molar-refractivity contribution >= 4 is 12.0 Å². The lowest BCUT2D eigenvalue weighted by atomic mass is 9.97. The van der Waals surface area contributed by atoms with Crippen LogP contribution < -0.4 is 0 Å². The molecule has 6 heteroatoms. The van der Waals surface area contributed by atoms with E-state index < -0.39 is 0 Å². The third kappa shape index (κ3) is 4.12. The Bertz CT molecular complexity index is 384. The first kappa shape index (κ1) is 17.1. The van der Waals surface area contributed by atoms with Gasteiger partial charge in [0.2, 0.25) is 5.91 Å². The molecule has 0 radical (unpaired) electrons. The number of carbonyl (C=O) groups is 2. The molecule has 0 aliphatic carbocycles. The highest BCUT2D eigenvalue weighted by Crippen LogP contribution is 2.22. The summed E-state index contributed by atoms with van der Waals surface area (Å²) in [4.78, 5) is 30.2. The second-order valence-corrected chi connectivity index (χ2v) is 6.39. The summed E-state index contributed by atoms with van der Waals surface area (Å²) in [6.07, 6.45) is 3.18. The van der Waals surface area contributed by atoms with Crippen molar-refractivity contribution in [3.05, 3.63) is 0 Å². The molecular weight excluding hydrogens is 282 g/mol. The minimum atomic E-state index is -0.244. The Morgan fingerprint density at radius 2 is 1.64 bits per heavy atom. The third-order valence-corrected chi connectivity index (χ3v) is 4.74. The Morgan fingerprint density at radius 3 is 2.18 bits per heavy atom. The summed E-state index contributed by atoms with van der Waals surface area (Å²) < 4.78 is 5.01. The van der Waals surface area contributed by atoms with Gasteiger partial charge in [-0.05, 0) is 40.0 Å². The van der Waals surface area contributed by atoms with E-state index >= 15 is 0 Å². The molecule has 6 nitrogen and oxygen atoms in total. The number of nitrogens with zero attached hydrogens (tertiary/aromatic N) is 3. The van der Waals surface area contributed by atoms with Crippen LogP contribution in [0.4, 0.5) is 4.79 Å². The predicted octanol–water partition coefficient (Wildman–Crippen LogP) is 1.55. The maximum atomic E-state index is 12.6. The lowest BCUT2D eigenvalue weighted by Crippen LogP contribution is -2.54. The molecule has 0 aromatic carbocycles. The molecule has 22 heavy (non-hydrogen) atoms. The average Bonchev–Trinajstić information content (AvgIpc) is 2.48. The second-order valence-electron chi connectivity index (χ2n) is 6.39. The molecule has 2 atom stereocenters. The van der Waals surface area contributed by atoms with E-state index in [-0.39, 0.29) is 12.0 Å². The molecule has 2 rings (SSSR count). The third-order valence-electron chi connectivity index (χ3n) is 4.74. The van der Waals surface area contributed by atoms with Gasteiger partial charge in [-0.1, -0.05) is 0 Å². The number of carbonyl (C=O) groups excluding carboxylic acids is 2. The van der Waals surface area contributed by atoms with Gasteiger partial charge >= 0.3 is 6.09 Å². The number of rotatable bonds is 3. The van der Waals surface area contributed by atoms with Crippen molar-refractivity contribution in [2.24, 2.45) is 0 Å². The normalized spacial score (nSPS) is 26.9. The van der Waals surface area contributed by atoms with Crippen molar-refractivity contribution in [3.8, 4) is 0 Å². The van der Waals surface area contributed by atoms with Crippen LogP contribution in [0.25, 0.3) is 0 Å². The van der Waals surface area contributed by atoms with Gasteiger partial charge in [0.1, 0.15) is 0 Å². The number of amides is 2. The van der Waals surface area contributed by atoms with Crippen molar-refractivity contribution < 1.29 is 14.3 Å². The molecule has 0 aromatic rings. The van der Waals surface area contributed by atoms with E-state index in [4.69, 9.17) is 4.74 Å². The van der Waals surface area contributed by atoms with Gasteiger partial charge in [0.25, 0.3) is 0 Å². The molecule has 2 aliphatic heterocycles. The topological polar surface area (TPSA) is 53.1 Å². The summed E-state index contributed by atoms with van der Waals surface area (Å²) in [5.74, 6) is 0.226. The first-order valence-corrected chi connectivity index (χ1v) is 8.48. The molecule has 2 saturated heterocycles. The van der Waals surface area contributed by atoms with Crippen LogP contribution in [0, 0.1) is 0 Å². The largest absolute Gasteiger partial charge is 0.450 e. The van der Waals surface area contributed by atoms with E-state index in [0.29, 0.717) is 38.3 Å². The fraction of sp³-hybridized carbons (Fsp3) is 0.875. The SMILES string of the molecule is CCOC(=O)N1CCN(CC(=O)N2[C@H](C)CCC[C@@H]2C)CC1. The number of hydrogen-bond acceptors (Lipinski definition) is 4. The molecule has 0 spiro atoms. The van der Waals surface area contributed by atoms with Crippen LogP contribution in [0.5, 0.6) is 0 Å². The highest BCUT2D eigenvalue weighted by atomic mass is 16.6. The van der Waals surface area contributed by atoms with Gasteiger partial charge in [-0.3, -0.25) is 9.69 Å². The van der Waals surface area contributed by atoms with Crippen molar-refractivity contribution in [1.82, 2.24) is 14.7 Å². The summed E-state index contributed by atoms with van der Waals surface area (Å²) in [6.45, 7) is 9.72. The van der Waals surface area contributed by atoms with Gasteiger partial charge in [0.05, 0.1) is 13.2 Å². The number of likely N-dealkylation sites (tertiary alicyclic amines) is 1. The molecule has 0 saturated carbocycles. The van der Waals surface area contributed by atoms with Crippen LogP contribution >= 0.6 is 0 Å². The van der Waals surface area contributed by atoms with Gasteiger partial charge < -0.3 is 14.5 Å². The predicted molar refractivity (Wildman–Crippen MR) is 84.7 cm³/mol. The number of ether oxygens (including phenoxy) is 1. The summed E-state index contributed by atoms with van der Waals surface area (Å²) in [7, 11) is 0. The molecule has 2 heterocycles. The average molecular weight is 311 g/mol. The molecule has 2 aliphatic rings. The standard InChI is InChI=1S/C16H29N3O3/c1-4-22-16(21)18-10-8-17(9-11-18)12-15(20)19-13(2)6-5-7-14(19)3/h13-14H,4-12H2,1-3H3/t13-,14+. The maximum absolute atomic E-state index is 12.6. The fourth-order valence-corrected chi connectivity index (χ4v) is 3.49. The van der Waals surface area contributed by atoms with Crippen LogP contribution in [-0.2, 0) is 9.53 Å².